The van der Waals surface area contributed by atoms with Crippen LogP contribution in [0.1, 0.15) is 24.1 Å². The Kier molecular flexibility index (Phi) is 10.3. The number of likely N-dealkylation sites (N-methyl/N-ethyl adjacent to an activating group) is 1. The van der Waals surface area contributed by atoms with Crippen LogP contribution < -0.4 is 10.9 Å². The van der Waals surface area contributed by atoms with Gasteiger partial charge in [0.1, 0.15) is 11.5 Å². The molecule has 0 fully saturated rings. The van der Waals surface area contributed by atoms with Crippen LogP contribution in [0.15, 0.2) is 89.9 Å². The van der Waals surface area contributed by atoms with Crippen LogP contribution in [0.4, 0.5) is 14.9 Å². The molecule has 2 aromatic carbocycles. The van der Waals surface area contributed by atoms with Gasteiger partial charge in [0.05, 0.1) is 6.54 Å². The molecule has 1 atom stereocenters. The third-order valence-electron chi connectivity index (χ3n) is 6.94. The van der Waals surface area contributed by atoms with Crippen molar-refractivity contribution in [3.05, 3.63) is 113 Å². The van der Waals surface area contributed by atoms with E-state index in [9.17, 15) is 23.6 Å². The molecular weight excluding hydrogens is 565 g/mol. The van der Waals surface area contributed by atoms with Crippen molar-refractivity contribution >= 4 is 34.5 Å². The van der Waals surface area contributed by atoms with E-state index in [4.69, 9.17) is 4.74 Å². The molecule has 44 heavy (non-hydrogen) atoms. The lowest BCUT2D eigenvalue weighted by atomic mass is 10.1. The summed E-state index contributed by atoms with van der Waals surface area (Å²) in [5, 5.41) is 3.32. The first-order valence-corrected chi connectivity index (χ1v) is 14.1. The minimum absolute atomic E-state index is 0.0125. The first kappa shape index (κ1) is 31.7. The molecule has 2 aromatic heterocycles. The van der Waals surface area contributed by atoms with E-state index >= 15 is 0 Å². The minimum atomic E-state index is -1.21. The second kappa shape index (κ2) is 14.3. The van der Waals surface area contributed by atoms with Crippen molar-refractivity contribution in [2.75, 3.05) is 33.5 Å². The molecule has 2 heterocycles. The normalized spacial score (nSPS) is 11.8. The number of fused-ring (bicyclic) bond motifs is 1. The summed E-state index contributed by atoms with van der Waals surface area (Å²) in [7, 11) is 6.23. The lowest BCUT2D eigenvalue weighted by Crippen LogP contribution is -2.37. The van der Waals surface area contributed by atoms with Gasteiger partial charge in [0, 0.05) is 57.5 Å². The van der Waals surface area contributed by atoms with Gasteiger partial charge in [-0.3, -0.25) is 14.4 Å². The number of hydrogen-bond donors (Lipinski definition) is 1. The molecule has 0 aliphatic rings. The van der Waals surface area contributed by atoms with Gasteiger partial charge < -0.3 is 29.0 Å². The third kappa shape index (κ3) is 8.00. The Morgan fingerprint density at radius 2 is 1.70 bits per heavy atom. The summed E-state index contributed by atoms with van der Waals surface area (Å²) in [5.41, 5.74) is 2.20. The fraction of sp³-hybridized carbons (Fsp3) is 0.273. The van der Waals surface area contributed by atoms with Gasteiger partial charge in [-0.25, -0.2) is 9.18 Å². The van der Waals surface area contributed by atoms with E-state index in [-0.39, 0.29) is 36.8 Å². The summed E-state index contributed by atoms with van der Waals surface area (Å²) >= 11 is 0. The summed E-state index contributed by atoms with van der Waals surface area (Å²) in [5.74, 6) is -1.24. The van der Waals surface area contributed by atoms with Crippen LogP contribution in [0.2, 0.25) is 0 Å². The number of nitrogens with one attached hydrogen (secondary N) is 1. The van der Waals surface area contributed by atoms with Crippen molar-refractivity contribution in [1.29, 1.82) is 0 Å². The first-order chi connectivity index (χ1) is 21.0. The summed E-state index contributed by atoms with van der Waals surface area (Å²) in [6.07, 6.45) is 3.04. The Hall–Kier alpha value is -5.19. The van der Waals surface area contributed by atoms with Crippen LogP contribution in [-0.4, -0.2) is 71.1 Å². The molecule has 230 valence electrons. The van der Waals surface area contributed by atoms with Gasteiger partial charge in [-0.05, 0) is 60.9 Å². The fourth-order valence-electron chi connectivity index (χ4n) is 4.58. The second-order valence-corrected chi connectivity index (χ2v) is 10.7. The second-order valence-electron chi connectivity index (χ2n) is 10.7. The highest BCUT2D eigenvalue weighted by molar-refractivity contribution is 5.95. The number of hydrogen-bond acceptors (Lipinski definition) is 5. The van der Waals surface area contributed by atoms with E-state index in [0.29, 0.717) is 11.9 Å². The van der Waals surface area contributed by atoms with Crippen molar-refractivity contribution < 1.29 is 23.5 Å². The number of pyridine rings is 1. The average Bonchev–Trinajstić information content (AvgIpc) is 3.31. The van der Waals surface area contributed by atoms with Crippen LogP contribution in [0.3, 0.4) is 0 Å². The van der Waals surface area contributed by atoms with Crippen LogP contribution >= 0.6 is 0 Å². The Labute approximate surface area is 254 Å². The molecule has 10 nitrogen and oxygen atoms in total. The SMILES string of the molecule is CN(C)C(=O)/C=C/CC[C@H](OC(=O)N(C)C)C(=O)Nc1cccn(Cc2cc3cc(F)ccc3n2Cc2ccccc2)c1=O. The van der Waals surface area contributed by atoms with Gasteiger partial charge in [0.2, 0.25) is 5.91 Å². The van der Waals surface area contributed by atoms with Crippen LogP contribution in [0, 0.1) is 5.82 Å². The van der Waals surface area contributed by atoms with Crippen molar-refractivity contribution in [1.82, 2.24) is 18.9 Å². The van der Waals surface area contributed by atoms with Gasteiger partial charge >= 0.3 is 6.09 Å². The van der Waals surface area contributed by atoms with Crippen molar-refractivity contribution in [2.45, 2.75) is 32.0 Å². The number of carbonyl (C=O) groups excluding carboxylic acids is 3. The van der Waals surface area contributed by atoms with Crippen LogP contribution in [0.5, 0.6) is 0 Å². The van der Waals surface area contributed by atoms with E-state index < -0.39 is 23.7 Å². The van der Waals surface area contributed by atoms with Gasteiger partial charge in [0.25, 0.3) is 11.5 Å². The molecule has 0 saturated carbocycles. The number of ether oxygens (including phenoxy) is 1. The number of benzene rings is 2. The largest absolute Gasteiger partial charge is 0.436 e. The van der Waals surface area contributed by atoms with Crippen LogP contribution in [0.25, 0.3) is 10.9 Å². The van der Waals surface area contributed by atoms with Gasteiger partial charge in [-0.2, -0.15) is 0 Å². The minimum Gasteiger partial charge on any atom is -0.436 e. The van der Waals surface area contributed by atoms with E-state index in [2.05, 4.69) is 5.32 Å². The number of nitrogens with zero attached hydrogens (tertiary/aromatic N) is 4. The van der Waals surface area contributed by atoms with Gasteiger partial charge in [-0.15, -0.1) is 0 Å². The number of aromatic nitrogens is 2. The van der Waals surface area contributed by atoms with Crippen molar-refractivity contribution in [3.63, 3.8) is 0 Å². The topological polar surface area (TPSA) is 106 Å². The van der Waals surface area contributed by atoms with E-state index in [0.717, 1.165) is 16.8 Å². The Bertz CT molecular complexity index is 1730. The van der Waals surface area contributed by atoms with E-state index in [1.54, 1.807) is 38.5 Å². The highest BCUT2D eigenvalue weighted by Gasteiger charge is 2.24. The molecule has 0 bridgehead atoms. The summed E-state index contributed by atoms with van der Waals surface area (Å²) in [6, 6.07) is 19.4. The molecule has 4 aromatic rings. The van der Waals surface area contributed by atoms with Gasteiger partial charge in [-0.1, -0.05) is 36.4 Å². The number of halogens is 1. The molecule has 0 spiro atoms. The lowest BCUT2D eigenvalue weighted by Gasteiger charge is -2.20. The fourth-order valence-corrected chi connectivity index (χ4v) is 4.58. The zero-order valence-corrected chi connectivity index (χ0v) is 25.2. The van der Waals surface area contributed by atoms with Crippen LogP contribution in [-0.2, 0) is 27.4 Å². The number of amides is 3. The van der Waals surface area contributed by atoms with Crippen molar-refractivity contribution in [2.24, 2.45) is 0 Å². The molecule has 0 unspecified atom stereocenters. The quantitative estimate of drug-likeness (QED) is 0.256. The predicted molar refractivity (Wildman–Crippen MR) is 167 cm³/mol. The number of carbonyl (C=O) groups is 3. The highest BCUT2D eigenvalue weighted by atomic mass is 19.1. The standard InChI is InChI=1S/C33H36FN5O5/c1-36(2)30(40)15-9-8-14-29(44-33(43)37(3)4)31(41)35-27-13-10-18-38(32(27)42)22-26-20-24-19-25(34)16-17-28(24)39(26)21-23-11-6-5-7-12-23/h5-7,9-13,15-20,29H,8,14,21-22H2,1-4H3,(H,35,41)/b15-9+/t29-/m0/s1. The van der Waals surface area contributed by atoms with E-state index in [1.807, 2.05) is 41.0 Å². The number of allylic oxidation sites excluding steroid dienone is 1. The highest BCUT2D eigenvalue weighted by Crippen LogP contribution is 2.23. The molecule has 11 heteroatoms. The summed E-state index contributed by atoms with van der Waals surface area (Å²) < 4.78 is 22.9. The smallest absolute Gasteiger partial charge is 0.410 e. The zero-order valence-electron chi connectivity index (χ0n) is 25.2. The van der Waals surface area contributed by atoms with Crippen molar-refractivity contribution in [3.8, 4) is 0 Å². The average molecular weight is 602 g/mol. The van der Waals surface area contributed by atoms with E-state index in [1.165, 1.54) is 52.7 Å². The molecule has 1 N–H and O–H groups in total. The number of anilines is 1. The lowest BCUT2D eigenvalue weighted by molar-refractivity contribution is -0.125. The molecule has 0 aliphatic heterocycles. The molecule has 3 amide bonds. The third-order valence-corrected chi connectivity index (χ3v) is 6.94. The molecular formula is C33H36FN5O5. The molecule has 0 aliphatic carbocycles. The molecule has 0 radical (unpaired) electrons. The van der Waals surface area contributed by atoms with Gasteiger partial charge in [0.15, 0.2) is 6.10 Å². The zero-order chi connectivity index (χ0) is 31.8. The summed E-state index contributed by atoms with van der Waals surface area (Å²) in [6.45, 7) is 0.680. The Morgan fingerprint density at radius 3 is 2.41 bits per heavy atom. The maximum absolute atomic E-state index is 14.1. The summed E-state index contributed by atoms with van der Waals surface area (Å²) in [4.78, 5) is 53.5. The Balaban J connectivity index is 1.57. The number of rotatable bonds is 11. The monoisotopic (exact) mass is 601 g/mol. The Morgan fingerprint density at radius 1 is 0.955 bits per heavy atom. The first-order valence-electron chi connectivity index (χ1n) is 14.1. The maximum atomic E-state index is 14.1. The maximum Gasteiger partial charge on any atom is 0.410 e. The predicted octanol–water partition coefficient (Wildman–Crippen LogP) is 4.47. The molecule has 0 saturated heterocycles. The molecule has 4 rings (SSSR count).